The van der Waals surface area contributed by atoms with Crippen LogP contribution < -0.4 is 5.73 Å². The van der Waals surface area contributed by atoms with Crippen molar-refractivity contribution in [3.8, 4) is 0 Å². The molecule has 2 rings (SSSR count). The minimum atomic E-state index is 0.194. The molecule has 1 aromatic rings. The molecule has 0 bridgehead atoms. The number of rotatable bonds is 3. The van der Waals surface area contributed by atoms with Crippen molar-refractivity contribution in [1.82, 2.24) is 4.90 Å². The lowest BCUT2D eigenvalue weighted by Gasteiger charge is -2.17. The number of carbonyl (C=O) groups is 1. The quantitative estimate of drug-likeness (QED) is 0.867. The molecule has 2 unspecified atom stereocenters. The molecule has 0 spiro atoms. The van der Waals surface area contributed by atoms with Gasteiger partial charge in [-0.3, -0.25) is 4.79 Å². The van der Waals surface area contributed by atoms with Crippen LogP contribution in [0, 0.1) is 5.92 Å². The van der Waals surface area contributed by atoms with Gasteiger partial charge in [-0.15, -0.1) is 11.3 Å². The molecule has 1 aliphatic rings. The molecule has 0 aliphatic carbocycles. The highest BCUT2D eigenvalue weighted by atomic mass is 32.1. The Morgan fingerprint density at radius 2 is 2.56 bits per heavy atom. The first-order chi connectivity index (χ1) is 7.66. The summed E-state index contributed by atoms with van der Waals surface area (Å²) in [5, 5.41) is 2.01. The van der Waals surface area contributed by atoms with Crippen LogP contribution in [-0.4, -0.2) is 29.9 Å². The Bertz CT molecular complexity index is 348. The van der Waals surface area contributed by atoms with Crippen LogP contribution in [0.25, 0.3) is 0 Å². The molecule has 0 radical (unpaired) electrons. The van der Waals surface area contributed by atoms with Gasteiger partial charge in [-0.05, 0) is 30.7 Å². The number of hydrogen-bond acceptors (Lipinski definition) is 3. The molecular formula is C12H18N2OS. The van der Waals surface area contributed by atoms with E-state index in [4.69, 9.17) is 5.73 Å². The minimum Gasteiger partial charge on any atom is -0.342 e. The Hall–Kier alpha value is -0.870. The molecule has 4 heteroatoms. The second kappa shape index (κ2) is 4.97. The molecule has 1 aromatic heterocycles. The Morgan fingerprint density at radius 1 is 1.75 bits per heavy atom. The summed E-state index contributed by atoms with van der Waals surface area (Å²) in [6, 6.07) is 4.20. The number of hydrogen-bond donors (Lipinski definition) is 1. The van der Waals surface area contributed by atoms with E-state index in [1.54, 1.807) is 11.3 Å². The van der Waals surface area contributed by atoms with Crippen LogP contribution in [0.15, 0.2) is 17.5 Å². The largest absolute Gasteiger partial charge is 0.342 e. The highest BCUT2D eigenvalue weighted by molar-refractivity contribution is 7.10. The van der Waals surface area contributed by atoms with Gasteiger partial charge in [-0.25, -0.2) is 0 Å². The monoisotopic (exact) mass is 238 g/mol. The molecule has 1 aliphatic heterocycles. The predicted molar refractivity (Wildman–Crippen MR) is 66.4 cm³/mol. The number of amides is 1. The summed E-state index contributed by atoms with van der Waals surface area (Å²) in [5.41, 5.74) is 5.86. The zero-order valence-electron chi connectivity index (χ0n) is 9.56. The number of thiophene rings is 1. The molecule has 1 saturated heterocycles. The lowest BCUT2D eigenvalue weighted by atomic mass is 10.0. The van der Waals surface area contributed by atoms with E-state index in [2.05, 4.69) is 0 Å². The van der Waals surface area contributed by atoms with Gasteiger partial charge in [0.2, 0.25) is 5.91 Å². The van der Waals surface area contributed by atoms with Crippen molar-refractivity contribution in [2.75, 3.05) is 13.1 Å². The molecule has 16 heavy (non-hydrogen) atoms. The van der Waals surface area contributed by atoms with E-state index >= 15 is 0 Å². The normalized spacial score (nSPS) is 22.4. The van der Waals surface area contributed by atoms with Crippen molar-refractivity contribution in [2.24, 2.45) is 11.7 Å². The average Bonchev–Trinajstić information content (AvgIpc) is 2.86. The van der Waals surface area contributed by atoms with Crippen LogP contribution in [0.4, 0.5) is 0 Å². The molecular weight excluding hydrogens is 220 g/mol. The Morgan fingerprint density at radius 3 is 3.12 bits per heavy atom. The van der Waals surface area contributed by atoms with Crippen LogP contribution in [0.1, 0.15) is 18.2 Å². The van der Waals surface area contributed by atoms with Crippen LogP contribution >= 0.6 is 11.3 Å². The second-order valence-electron chi connectivity index (χ2n) is 4.50. The summed E-state index contributed by atoms with van der Waals surface area (Å²) in [4.78, 5) is 15.1. The van der Waals surface area contributed by atoms with E-state index in [1.165, 1.54) is 0 Å². The fourth-order valence-electron chi connectivity index (χ4n) is 2.12. The van der Waals surface area contributed by atoms with Crippen molar-refractivity contribution >= 4 is 17.2 Å². The van der Waals surface area contributed by atoms with E-state index < -0.39 is 0 Å². The maximum absolute atomic E-state index is 12.0. The lowest BCUT2D eigenvalue weighted by Crippen LogP contribution is -2.33. The first-order valence-electron chi connectivity index (χ1n) is 5.72. The van der Waals surface area contributed by atoms with Gasteiger partial charge < -0.3 is 10.6 Å². The van der Waals surface area contributed by atoms with Gasteiger partial charge in [0.1, 0.15) is 0 Å². The Labute approximate surface area is 100 Å². The molecule has 0 aromatic carbocycles. The summed E-state index contributed by atoms with van der Waals surface area (Å²) in [6.45, 7) is 3.73. The van der Waals surface area contributed by atoms with Crippen molar-refractivity contribution < 1.29 is 4.79 Å². The second-order valence-corrected chi connectivity index (χ2v) is 5.54. The van der Waals surface area contributed by atoms with Gasteiger partial charge in [-0.2, -0.15) is 0 Å². The lowest BCUT2D eigenvalue weighted by molar-refractivity contribution is -0.129. The van der Waals surface area contributed by atoms with Crippen LogP contribution in [-0.2, 0) is 11.2 Å². The van der Waals surface area contributed by atoms with Crippen LogP contribution in [0.2, 0.25) is 0 Å². The topological polar surface area (TPSA) is 46.3 Å². The number of nitrogens with two attached hydrogens (primary N) is 1. The van der Waals surface area contributed by atoms with Gasteiger partial charge in [0.25, 0.3) is 0 Å². The third-order valence-electron chi connectivity index (χ3n) is 3.23. The molecule has 1 fully saturated rings. The smallest absolute Gasteiger partial charge is 0.227 e. The summed E-state index contributed by atoms with van der Waals surface area (Å²) in [7, 11) is 0. The van der Waals surface area contributed by atoms with E-state index in [9.17, 15) is 4.79 Å². The zero-order chi connectivity index (χ0) is 11.5. The van der Waals surface area contributed by atoms with E-state index in [0.717, 1.165) is 24.4 Å². The molecule has 2 atom stereocenters. The summed E-state index contributed by atoms with van der Waals surface area (Å²) >= 11 is 1.64. The van der Waals surface area contributed by atoms with Crippen molar-refractivity contribution in [3.63, 3.8) is 0 Å². The standard InChI is InChI=1S/C12H18N2OS/c1-9(13)10-4-5-14(8-10)12(15)7-11-3-2-6-16-11/h2-3,6,9-10H,4-5,7-8,13H2,1H3. The van der Waals surface area contributed by atoms with Crippen molar-refractivity contribution in [2.45, 2.75) is 25.8 Å². The third-order valence-corrected chi connectivity index (χ3v) is 4.10. The number of carbonyl (C=O) groups excluding carboxylic acids is 1. The average molecular weight is 238 g/mol. The van der Waals surface area contributed by atoms with Crippen molar-refractivity contribution in [3.05, 3.63) is 22.4 Å². The Kier molecular flexibility index (Phi) is 3.61. The fourth-order valence-corrected chi connectivity index (χ4v) is 2.81. The summed E-state index contributed by atoms with van der Waals surface area (Å²) in [5.74, 6) is 0.720. The number of nitrogens with zero attached hydrogens (tertiary/aromatic N) is 1. The third kappa shape index (κ3) is 2.62. The van der Waals surface area contributed by atoms with E-state index in [1.807, 2.05) is 29.3 Å². The molecule has 1 amide bonds. The summed E-state index contributed by atoms with van der Waals surface area (Å²) in [6.07, 6.45) is 1.59. The summed E-state index contributed by atoms with van der Waals surface area (Å²) < 4.78 is 0. The van der Waals surface area contributed by atoms with E-state index in [0.29, 0.717) is 12.3 Å². The Balaban J connectivity index is 1.87. The van der Waals surface area contributed by atoms with Crippen LogP contribution in [0.3, 0.4) is 0 Å². The fraction of sp³-hybridized carbons (Fsp3) is 0.583. The van der Waals surface area contributed by atoms with E-state index in [-0.39, 0.29) is 11.9 Å². The highest BCUT2D eigenvalue weighted by Gasteiger charge is 2.28. The van der Waals surface area contributed by atoms with Gasteiger partial charge in [-0.1, -0.05) is 6.07 Å². The SMILES string of the molecule is CC(N)C1CCN(C(=O)Cc2cccs2)C1. The minimum absolute atomic E-state index is 0.194. The maximum atomic E-state index is 12.0. The maximum Gasteiger partial charge on any atom is 0.227 e. The molecule has 2 heterocycles. The van der Waals surface area contributed by atoms with Crippen LogP contribution in [0.5, 0.6) is 0 Å². The zero-order valence-corrected chi connectivity index (χ0v) is 10.4. The molecule has 0 saturated carbocycles. The van der Waals surface area contributed by atoms with Gasteiger partial charge in [0, 0.05) is 24.0 Å². The molecule has 3 nitrogen and oxygen atoms in total. The van der Waals surface area contributed by atoms with Gasteiger partial charge in [0.15, 0.2) is 0 Å². The first kappa shape index (κ1) is 11.6. The van der Waals surface area contributed by atoms with Gasteiger partial charge >= 0.3 is 0 Å². The molecule has 2 N–H and O–H groups in total. The molecule has 88 valence electrons. The predicted octanol–water partition coefficient (Wildman–Crippen LogP) is 1.49. The van der Waals surface area contributed by atoms with Crippen molar-refractivity contribution in [1.29, 1.82) is 0 Å². The van der Waals surface area contributed by atoms with Gasteiger partial charge in [0.05, 0.1) is 6.42 Å². The number of likely N-dealkylation sites (tertiary alicyclic amines) is 1. The first-order valence-corrected chi connectivity index (χ1v) is 6.60. The highest BCUT2D eigenvalue weighted by Crippen LogP contribution is 2.20.